The van der Waals surface area contributed by atoms with Crippen molar-refractivity contribution in [1.29, 1.82) is 0 Å². The molecule has 1 aromatic rings. The van der Waals surface area contributed by atoms with Crippen LogP contribution in [0.2, 0.25) is 0 Å². The molecule has 5 heteroatoms. The smallest absolute Gasteiger partial charge is 0.371 e. The van der Waals surface area contributed by atoms with E-state index in [1.165, 1.54) is 12.1 Å². The summed E-state index contributed by atoms with van der Waals surface area (Å²) >= 11 is 0. The third-order valence-electron chi connectivity index (χ3n) is 1.38. The molecule has 13 heavy (non-hydrogen) atoms. The van der Waals surface area contributed by atoms with Gasteiger partial charge in [-0.25, -0.2) is 4.79 Å². The first-order chi connectivity index (χ1) is 6.15. The van der Waals surface area contributed by atoms with Crippen LogP contribution in [0.3, 0.4) is 0 Å². The average Bonchev–Trinajstić information content (AvgIpc) is 2.52. The Kier molecular flexibility index (Phi) is 2.69. The van der Waals surface area contributed by atoms with E-state index in [0.717, 1.165) is 0 Å². The summed E-state index contributed by atoms with van der Waals surface area (Å²) in [6.45, 7) is 2.24. The molecule has 0 saturated heterocycles. The van der Waals surface area contributed by atoms with Crippen LogP contribution in [-0.2, 0) is 0 Å². The maximum absolute atomic E-state index is 11.1. The lowest BCUT2D eigenvalue weighted by molar-refractivity contribution is 0.0659. The van der Waals surface area contributed by atoms with Crippen LogP contribution in [0.5, 0.6) is 0 Å². The van der Waals surface area contributed by atoms with Gasteiger partial charge in [0.2, 0.25) is 5.76 Å². The van der Waals surface area contributed by atoms with Crippen molar-refractivity contribution in [3.05, 3.63) is 23.7 Å². The number of carbonyl (C=O) groups excluding carboxylic acids is 1. The molecule has 1 amide bonds. The van der Waals surface area contributed by atoms with Crippen molar-refractivity contribution >= 4 is 11.9 Å². The third kappa shape index (κ3) is 2.08. The van der Waals surface area contributed by atoms with E-state index < -0.39 is 11.9 Å². The van der Waals surface area contributed by atoms with Crippen LogP contribution in [0.4, 0.5) is 0 Å². The van der Waals surface area contributed by atoms with Gasteiger partial charge < -0.3 is 14.8 Å². The second-order valence-corrected chi connectivity index (χ2v) is 2.33. The molecule has 0 aromatic carbocycles. The Morgan fingerprint density at radius 3 is 2.54 bits per heavy atom. The Hall–Kier alpha value is -1.78. The summed E-state index contributed by atoms with van der Waals surface area (Å²) in [5.74, 6) is -1.81. The highest BCUT2D eigenvalue weighted by Crippen LogP contribution is 2.07. The Morgan fingerprint density at radius 1 is 1.46 bits per heavy atom. The number of carbonyl (C=O) groups is 2. The van der Waals surface area contributed by atoms with Crippen LogP contribution in [0.15, 0.2) is 16.5 Å². The summed E-state index contributed by atoms with van der Waals surface area (Å²) in [5.41, 5.74) is 0. The number of rotatable bonds is 3. The van der Waals surface area contributed by atoms with Gasteiger partial charge in [-0.05, 0) is 19.1 Å². The Morgan fingerprint density at radius 2 is 2.08 bits per heavy atom. The van der Waals surface area contributed by atoms with Crippen LogP contribution in [0, 0.1) is 0 Å². The predicted octanol–water partition coefficient (Wildman–Crippen LogP) is 0.728. The number of hydrogen-bond acceptors (Lipinski definition) is 3. The molecule has 1 rings (SSSR count). The van der Waals surface area contributed by atoms with Gasteiger partial charge >= 0.3 is 5.97 Å². The molecule has 5 nitrogen and oxygen atoms in total. The van der Waals surface area contributed by atoms with Crippen molar-refractivity contribution in [2.45, 2.75) is 6.92 Å². The molecule has 0 saturated carbocycles. The standard InChI is InChI=1S/C8H9NO4/c1-2-9-7(10)5-3-4-6(13-5)8(11)12/h3-4H,2H2,1H3,(H,9,10)(H,11,12). The van der Waals surface area contributed by atoms with Gasteiger partial charge in [0.25, 0.3) is 5.91 Å². The highest BCUT2D eigenvalue weighted by molar-refractivity contribution is 5.93. The number of hydrogen-bond donors (Lipinski definition) is 2. The first-order valence-electron chi connectivity index (χ1n) is 3.76. The zero-order chi connectivity index (χ0) is 9.84. The lowest BCUT2D eigenvalue weighted by atomic mass is 10.4. The van der Waals surface area contributed by atoms with Gasteiger partial charge in [0, 0.05) is 6.54 Å². The molecular weight excluding hydrogens is 174 g/mol. The molecule has 0 bridgehead atoms. The lowest BCUT2D eigenvalue weighted by Gasteiger charge is -1.96. The van der Waals surface area contributed by atoms with Crippen LogP contribution in [-0.4, -0.2) is 23.5 Å². The minimum Gasteiger partial charge on any atom is -0.475 e. The Labute approximate surface area is 74.4 Å². The van der Waals surface area contributed by atoms with Crippen LogP contribution >= 0.6 is 0 Å². The first kappa shape index (κ1) is 9.31. The molecule has 0 spiro atoms. The summed E-state index contributed by atoms with van der Waals surface area (Å²) < 4.78 is 4.75. The van der Waals surface area contributed by atoms with Crippen LogP contribution < -0.4 is 5.32 Å². The normalized spacial score (nSPS) is 9.62. The maximum atomic E-state index is 11.1. The number of aromatic carboxylic acids is 1. The van der Waals surface area contributed by atoms with E-state index in [1.54, 1.807) is 6.92 Å². The fraction of sp³-hybridized carbons (Fsp3) is 0.250. The van der Waals surface area contributed by atoms with E-state index in [4.69, 9.17) is 9.52 Å². The second kappa shape index (κ2) is 3.75. The topological polar surface area (TPSA) is 79.5 Å². The average molecular weight is 183 g/mol. The molecule has 1 aromatic heterocycles. The summed E-state index contributed by atoms with van der Waals surface area (Å²) in [7, 11) is 0. The molecule has 0 aliphatic carbocycles. The van der Waals surface area contributed by atoms with Gasteiger partial charge in [-0.15, -0.1) is 0 Å². The van der Waals surface area contributed by atoms with E-state index in [9.17, 15) is 9.59 Å². The molecule has 0 radical (unpaired) electrons. The number of amides is 1. The quantitative estimate of drug-likeness (QED) is 0.723. The van der Waals surface area contributed by atoms with Crippen molar-refractivity contribution in [3.8, 4) is 0 Å². The second-order valence-electron chi connectivity index (χ2n) is 2.33. The van der Waals surface area contributed by atoms with Gasteiger partial charge in [-0.3, -0.25) is 4.79 Å². The number of nitrogens with one attached hydrogen (secondary N) is 1. The molecule has 0 unspecified atom stereocenters. The monoisotopic (exact) mass is 183 g/mol. The zero-order valence-electron chi connectivity index (χ0n) is 7.03. The first-order valence-corrected chi connectivity index (χ1v) is 3.76. The third-order valence-corrected chi connectivity index (χ3v) is 1.38. The van der Waals surface area contributed by atoms with Gasteiger partial charge in [0.05, 0.1) is 0 Å². The van der Waals surface area contributed by atoms with Crippen molar-refractivity contribution in [1.82, 2.24) is 5.32 Å². The molecule has 0 aliphatic rings. The summed E-state index contributed by atoms with van der Waals surface area (Å²) in [5, 5.41) is 11.0. The van der Waals surface area contributed by atoms with Crippen LogP contribution in [0.1, 0.15) is 28.0 Å². The van der Waals surface area contributed by atoms with Crippen molar-refractivity contribution < 1.29 is 19.1 Å². The van der Waals surface area contributed by atoms with E-state index in [-0.39, 0.29) is 11.5 Å². The molecular formula is C8H9NO4. The minimum absolute atomic E-state index is 0.0132. The van der Waals surface area contributed by atoms with E-state index in [0.29, 0.717) is 6.54 Å². The molecule has 2 N–H and O–H groups in total. The molecule has 0 atom stereocenters. The number of carboxylic acids is 1. The molecule has 70 valence electrons. The predicted molar refractivity (Wildman–Crippen MR) is 43.7 cm³/mol. The van der Waals surface area contributed by atoms with Crippen molar-refractivity contribution in [2.75, 3.05) is 6.54 Å². The number of furan rings is 1. The lowest BCUT2D eigenvalue weighted by Crippen LogP contribution is -2.21. The minimum atomic E-state index is -1.18. The SMILES string of the molecule is CCNC(=O)c1ccc(C(=O)O)o1. The highest BCUT2D eigenvalue weighted by atomic mass is 16.4. The van der Waals surface area contributed by atoms with Gasteiger partial charge in [0.15, 0.2) is 5.76 Å². The van der Waals surface area contributed by atoms with Crippen molar-refractivity contribution in [3.63, 3.8) is 0 Å². The highest BCUT2D eigenvalue weighted by Gasteiger charge is 2.13. The van der Waals surface area contributed by atoms with Gasteiger partial charge in [0.1, 0.15) is 0 Å². The Bertz CT molecular complexity index is 329. The zero-order valence-corrected chi connectivity index (χ0v) is 7.03. The number of carboxylic acid groups (broad SMARTS) is 1. The van der Waals surface area contributed by atoms with E-state index in [1.807, 2.05) is 0 Å². The summed E-state index contributed by atoms with van der Waals surface area (Å²) in [6, 6.07) is 2.57. The van der Waals surface area contributed by atoms with E-state index in [2.05, 4.69) is 5.32 Å². The van der Waals surface area contributed by atoms with Gasteiger partial charge in [-0.1, -0.05) is 0 Å². The Balaban J connectivity index is 2.79. The van der Waals surface area contributed by atoms with Gasteiger partial charge in [-0.2, -0.15) is 0 Å². The fourth-order valence-corrected chi connectivity index (χ4v) is 0.823. The fourth-order valence-electron chi connectivity index (χ4n) is 0.823. The maximum Gasteiger partial charge on any atom is 0.371 e. The summed E-state index contributed by atoms with van der Waals surface area (Å²) in [4.78, 5) is 21.5. The molecule has 1 heterocycles. The van der Waals surface area contributed by atoms with Crippen molar-refractivity contribution in [2.24, 2.45) is 0 Å². The summed E-state index contributed by atoms with van der Waals surface area (Å²) in [6.07, 6.45) is 0. The largest absolute Gasteiger partial charge is 0.475 e. The van der Waals surface area contributed by atoms with E-state index >= 15 is 0 Å². The molecule has 0 fully saturated rings. The van der Waals surface area contributed by atoms with Crippen LogP contribution in [0.25, 0.3) is 0 Å². The molecule has 0 aliphatic heterocycles.